The predicted octanol–water partition coefficient (Wildman–Crippen LogP) is 1.23. The van der Waals surface area contributed by atoms with Gasteiger partial charge in [0.2, 0.25) is 10.0 Å². The molecular formula is C12H19NO5S. The smallest absolute Gasteiger partial charge is 0.245 e. The van der Waals surface area contributed by atoms with E-state index < -0.39 is 15.6 Å². The minimum absolute atomic E-state index is 0.127. The Morgan fingerprint density at radius 3 is 1.74 bits per heavy atom. The summed E-state index contributed by atoms with van der Waals surface area (Å²) in [5.41, 5.74) is 0.105. The molecule has 0 aliphatic heterocycles. The average molecular weight is 289 g/mol. The zero-order valence-electron chi connectivity index (χ0n) is 11.7. The fourth-order valence-electron chi connectivity index (χ4n) is 1.63. The standard InChI is InChI=1S/C12H19NO5S/c1-12(2,18-5)8-6-9(16-3)11(19(13,14)15)10(7-8)17-4/h6-7H,1-5H3,(H2,13,14,15). The van der Waals surface area contributed by atoms with Gasteiger partial charge in [-0.3, -0.25) is 0 Å². The van der Waals surface area contributed by atoms with E-state index in [-0.39, 0.29) is 16.4 Å². The minimum atomic E-state index is -3.95. The molecule has 0 aliphatic rings. The third-order valence-electron chi connectivity index (χ3n) is 2.95. The van der Waals surface area contributed by atoms with Crippen molar-refractivity contribution in [2.45, 2.75) is 24.3 Å². The number of hydrogen-bond donors (Lipinski definition) is 1. The molecule has 0 saturated heterocycles. The topological polar surface area (TPSA) is 87.8 Å². The van der Waals surface area contributed by atoms with Gasteiger partial charge in [0.25, 0.3) is 0 Å². The molecule has 1 aromatic rings. The first kappa shape index (κ1) is 15.7. The molecule has 0 amide bonds. The second kappa shape index (κ2) is 5.36. The molecule has 0 aliphatic carbocycles. The molecule has 0 atom stereocenters. The zero-order valence-corrected chi connectivity index (χ0v) is 12.5. The number of ether oxygens (including phenoxy) is 3. The number of primary sulfonamides is 1. The van der Waals surface area contributed by atoms with Gasteiger partial charge in [0, 0.05) is 7.11 Å². The fraction of sp³-hybridized carbons (Fsp3) is 0.500. The molecule has 0 unspecified atom stereocenters. The van der Waals surface area contributed by atoms with E-state index in [9.17, 15) is 8.42 Å². The van der Waals surface area contributed by atoms with Gasteiger partial charge in [-0.25, -0.2) is 13.6 Å². The van der Waals surface area contributed by atoms with Crippen molar-refractivity contribution in [1.82, 2.24) is 0 Å². The highest BCUT2D eigenvalue weighted by molar-refractivity contribution is 7.89. The molecule has 0 radical (unpaired) electrons. The highest BCUT2D eigenvalue weighted by Gasteiger charge is 2.27. The summed E-state index contributed by atoms with van der Waals surface area (Å²) in [6, 6.07) is 3.15. The average Bonchev–Trinajstić information content (AvgIpc) is 2.35. The first-order chi connectivity index (χ1) is 8.67. The largest absolute Gasteiger partial charge is 0.495 e. The lowest BCUT2D eigenvalue weighted by atomic mass is 9.97. The van der Waals surface area contributed by atoms with E-state index in [4.69, 9.17) is 19.3 Å². The van der Waals surface area contributed by atoms with Gasteiger partial charge >= 0.3 is 0 Å². The maximum absolute atomic E-state index is 11.6. The van der Waals surface area contributed by atoms with Gasteiger partial charge in [-0.05, 0) is 31.5 Å². The Morgan fingerprint density at radius 2 is 1.47 bits per heavy atom. The fourth-order valence-corrected chi connectivity index (χ4v) is 2.47. The number of nitrogens with two attached hydrogens (primary N) is 1. The van der Waals surface area contributed by atoms with Crippen molar-refractivity contribution >= 4 is 10.0 Å². The summed E-state index contributed by atoms with van der Waals surface area (Å²) in [4.78, 5) is -0.173. The van der Waals surface area contributed by atoms with Gasteiger partial charge in [-0.15, -0.1) is 0 Å². The number of rotatable bonds is 5. The molecule has 0 heterocycles. The van der Waals surface area contributed by atoms with Crippen molar-refractivity contribution in [3.05, 3.63) is 17.7 Å². The van der Waals surface area contributed by atoms with Crippen molar-refractivity contribution in [2.75, 3.05) is 21.3 Å². The molecular weight excluding hydrogens is 270 g/mol. The highest BCUT2D eigenvalue weighted by Crippen LogP contribution is 2.38. The molecule has 0 spiro atoms. The molecule has 0 bridgehead atoms. The summed E-state index contributed by atoms with van der Waals surface area (Å²) < 4.78 is 38.8. The van der Waals surface area contributed by atoms with Crippen molar-refractivity contribution in [1.29, 1.82) is 0 Å². The van der Waals surface area contributed by atoms with Gasteiger partial charge < -0.3 is 14.2 Å². The first-order valence-corrected chi connectivity index (χ1v) is 7.06. The third-order valence-corrected chi connectivity index (χ3v) is 3.92. The number of sulfonamides is 1. The van der Waals surface area contributed by atoms with E-state index in [1.165, 1.54) is 14.2 Å². The molecule has 0 saturated carbocycles. The quantitative estimate of drug-likeness (QED) is 0.881. The van der Waals surface area contributed by atoms with E-state index >= 15 is 0 Å². The van der Waals surface area contributed by atoms with Crippen molar-refractivity contribution in [2.24, 2.45) is 5.14 Å². The second-order valence-electron chi connectivity index (χ2n) is 4.47. The van der Waals surface area contributed by atoms with Crippen LogP contribution in [0, 0.1) is 0 Å². The predicted molar refractivity (Wildman–Crippen MR) is 71.0 cm³/mol. The zero-order chi connectivity index (χ0) is 14.8. The summed E-state index contributed by atoms with van der Waals surface area (Å²) in [6.07, 6.45) is 0. The molecule has 108 valence electrons. The van der Waals surface area contributed by atoms with Crippen LogP contribution in [0.25, 0.3) is 0 Å². The normalized spacial score (nSPS) is 12.3. The van der Waals surface area contributed by atoms with Gasteiger partial charge in [0.05, 0.1) is 19.8 Å². The Hall–Kier alpha value is -1.31. The van der Waals surface area contributed by atoms with Gasteiger partial charge in [-0.1, -0.05) is 0 Å². The minimum Gasteiger partial charge on any atom is -0.495 e. The maximum atomic E-state index is 11.6. The monoisotopic (exact) mass is 289 g/mol. The summed E-state index contributed by atoms with van der Waals surface area (Å²) in [5, 5.41) is 5.18. The Bertz CT molecular complexity index is 540. The summed E-state index contributed by atoms with van der Waals surface area (Å²) in [5.74, 6) is 0.254. The lowest BCUT2D eigenvalue weighted by Crippen LogP contribution is -2.21. The van der Waals surface area contributed by atoms with Crippen molar-refractivity contribution in [3.8, 4) is 11.5 Å². The van der Waals surface area contributed by atoms with Crippen LogP contribution >= 0.6 is 0 Å². The Balaban J connectivity index is 3.64. The molecule has 2 N–H and O–H groups in total. The van der Waals surface area contributed by atoms with Crippen LogP contribution in [0.15, 0.2) is 17.0 Å². The van der Waals surface area contributed by atoms with Crippen LogP contribution in [0.4, 0.5) is 0 Å². The SMILES string of the molecule is COc1cc(C(C)(C)OC)cc(OC)c1S(N)(=O)=O. The number of methoxy groups -OCH3 is 3. The molecule has 1 rings (SSSR count). The Morgan fingerprint density at radius 1 is 1.05 bits per heavy atom. The van der Waals surface area contributed by atoms with Crippen LogP contribution in [0.1, 0.15) is 19.4 Å². The number of hydrogen-bond acceptors (Lipinski definition) is 5. The third kappa shape index (κ3) is 3.17. The van der Waals surface area contributed by atoms with Gasteiger partial charge in [0.1, 0.15) is 11.5 Å². The molecule has 7 heteroatoms. The van der Waals surface area contributed by atoms with Crippen molar-refractivity contribution in [3.63, 3.8) is 0 Å². The Kier molecular flexibility index (Phi) is 4.44. The van der Waals surface area contributed by atoms with E-state index in [0.717, 1.165) is 5.56 Å². The molecule has 6 nitrogen and oxygen atoms in total. The van der Waals surface area contributed by atoms with Gasteiger partial charge in [0.15, 0.2) is 4.90 Å². The van der Waals surface area contributed by atoms with Crippen LogP contribution < -0.4 is 14.6 Å². The van der Waals surface area contributed by atoms with E-state index in [1.54, 1.807) is 19.2 Å². The van der Waals surface area contributed by atoms with Crippen LogP contribution in [0.3, 0.4) is 0 Å². The van der Waals surface area contributed by atoms with Crippen LogP contribution in [0.2, 0.25) is 0 Å². The summed E-state index contributed by atoms with van der Waals surface area (Å²) >= 11 is 0. The van der Waals surface area contributed by atoms with Crippen LogP contribution in [0.5, 0.6) is 11.5 Å². The van der Waals surface area contributed by atoms with E-state index in [2.05, 4.69) is 0 Å². The van der Waals surface area contributed by atoms with Crippen LogP contribution in [-0.4, -0.2) is 29.7 Å². The van der Waals surface area contributed by atoms with E-state index in [1.807, 2.05) is 13.8 Å². The lowest BCUT2D eigenvalue weighted by Gasteiger charge is -2.25. The molecule has 1 aromatic carbocycles. The van der Waals surface area contributed by atoms with Crippen molar-refractivity contribution < 1.29 is 22.6 Å². The highest BCUT2D eigenvalue weighted by atomic mass is 32.2. The summed E-state index contributed by atoms with van der Waals surface area (Å²) in [6.45, 7) is 3.69. The first-order valence-electron chi connectivity index (χ1n) is 5.51. The summed E-state index contributed by atoms with van der Waals surface area (Å²) in [7, 11) is 0.350. The number of benzene rings is 1. The van der Waals surface area contributed by atoms with Gasteiger partial charge in [-0.2, -0.15) is 0 Å². The maximum Gasteiger partial charge on any atom is 0.245 e. The second-order valence-corrected chi connectivity index (χ2v) is 5.97. The Labute approximate surface area is 113 Å². The lowest BCUT2D eigenvalue weighted by molar-refractivity contribution is 0.0188. The molecule has 0 fully saturated rings. The van der Waals surface area contributed by atoms with Crippen LogP contribution in [-0.2, 0) is 20.4 Å². The molecule has 19 heavy (non-hydrogen) atoms. The van der Waals surface area contributed by atoms with E-state index in [0.29, 0.717) is 0 Å². The molecule has 0 aromatic heterocycles.